The number of carbonyl (C=O) groups is 2. The Morgan fingerprint density at radius 3 is 2.55 bits per heavy atom. The van der Waals surface area contributed by atoms with Crippen molar-refractivity contribution in [3.8, 4) is 11.8 Å². The zero-order valence-electron chi connectivity index (χ0n) is 11.3. The molecule has 0 aliphatic heterocycles. The highest BCUT2D eigenvalue weighted by atomic mass is 16.5. The van der Waals surface area contributed by atoms with Crippen LogP contribution in [0.1, 0.15) is 23.2 Å². The van der Waals surface area contributed by atoms with Crippen LogP contribution in [0.5, 0.6) is 5.75 Å². The van der Waals surface area contributed by atoms with Gasteiger partial charge in [-0.15, -0.1) is 0 Å². The number of primary amides is 1. The molecule has 0 aromatic heterocycles. The largest absolute Gasteiger partial charge is 0.493 e. The topological polar surface area (TPSA) is 96.4 Å². The minimum Gasteiger partial charge on any atom is -0.493 e. The highest BCUT2D eigenvalue weighted by Crippen LogP contribution is 2.12. The molecule has 0 saturated heterocycles. The molecule has 0 heterocycles. The average molecular weight is 275 g/mol. The van der Waals surface area contributed by atoms with Gasteiger partial charge in [0.1, 0.15) is 5.75 Å². The van der Waals surface area contributed by atoms with Crippen molar-refractivity contribution in [2.75, 3.05) is 20.2 Å². The van der Waals surface area contributed by atoms with Crippen molar-refractivity contribution in [3.63, 3.8) is 0 Å². The SMILES string of the molecule is CN(CCC#N)C(=O)CCOc1ccc(C(N)=O)cc1. The summed E-state index contributed by atoms with van der Waals surface area (Å²) in [4.78, 5) is 24.0. The normalized spacial score (nSPS) is 9.60. The molecule has 0 atom stereocenters. The molecule has 1 rings (SSSR count). The summed E-state index contributed by atoms with van der Waals surface area (Å²) in [6, 6.07) is 8.38. The minimum atomic E-state index is -0.495. The fourth-order valence-electron chi connectivity index (χ4n) is 1.50. The number of ether oxygens (including phenoxy) is 1. The quantitative estimate of drug-likeness (QED) is 0.800. The lowest BCUT2D eigenvalue weighted by Gasteiger charge is -2.15. The first-order chi connectivity index (χ1) is 9.54. The molecule has 2 N–H and O–H groups in total. The van der Waals surface area contributed by atoms with Gasteiger partial charge < -0.3 is 15.4 Å². The van der Waals surface area contributed by atoms with Crippen molar-refractivity contribution < 1.29 is 14.3 Å². The number of amides is 2. The highest BCUT2D eigenvalue weighted by molar-refractivity contribution is 5.92. The van der Waals surface area contributed by atoms with Crippen molar-refractivity contribution >= 4 is 11.8 Å². The van der Waals surface area contributed by atoms with Crippen molar-refractivity contribution in [1.29, 1.82) is 5.26 Å². The van der Waals surface area contributed by atoms with E-state index in [0.717, 1.165) is 0 Å². The Morgan fingerprint density at radius 2 is 2.00 bits per heavy atom. The zero-order valence-corrected chi connectivity index (χ0v) is 11.3. The number of rotatable bonds is 7. The van der Waals surface area contributed by atoms with E-state index in [2.05, 4.69) is 0 Å². The average Bonchev–Trinajstić information content (AvgIpc) is 2.45. The summed E-state index contributed by atoms with van der Waals surface area (Å²) in [5.41, 5.74) is 5.53. The third-order valence-corrected chi connectivity index (χ3v) is 2.71. The Labute approximate surface area is 117 Å². The molecule has 20 heavy (non-hydrogen) atoms. The van der Waals surface area contributed by atoms with E-state index in [4.69, 9.17) is 15.7 Å². The number of benzene rings is 1. The van der Waals surface area contributed by atoms with Crippen LogP contribution in [0.4, 0.5) is 0 Å². The highest BCUT2D eigenvalue weighted by Gasteiger charge is 2.08. The first-order valence-corrected chi connectivity index (χ1v) is 6.18. The van der Waals surface area contributed by atoms with Crippen LogP contribution >= 0.6 is 0 Å². The molecule has 106 valence electrons. The van der Waals surface area contributed by atoms with Gasteiger partial charge in [-0.3, -0.25) is 9.59 Å². The number of carbonyl (C=O) groups excluding carboxylic acids is 2. The van der Waals surface area contributed by atoms with E-state index >= 15 is 0 Å². The summed E-state index contributed by atoms with van der Waals surface area (Å²) >= 11 is 0. The van der Waals surface area contributed by atoms with Crippen LogP contribution in [0.3, 0.4) is 0 Å². The van der Waals surface area contributed by atoms with Gasteiger partial charge in [0.05, 0.1) is 25.5 Å². The van der Waals surface area contributed by atoms with Gasteiger partial charge in [0.2, 0.25) is 11.8 Å². The Balaban J connectivity index is 2.35. The molecule has 0 aliphatic rings. The first-order valence-electron chi connectivity index (χ1n) is 6.18. The van der Waals surface area contributed by atoms with E-state index in [0.29, 0.717) is 24.3 Å². The number of hydrogen-bond acceptors (Lipinski definition) is 4. The van der Waals surface area contributed by atoms with E-state index in [1.807, 2.05) is 6.07 Å². The Morgan fingerprint density at radius 1 is 1.35 bits per heavy atom. The maximum Gasteiger partial charge on any atom is 0.248 e. The molecule has 6 nitrogen and oxygen atoms in total. The van der Waals surface area contributed by atoms with Gasteiger partial charge in [-0.1, -0.05) is 0 Å². The molecule has 0 aliphatic carbocycles. The third kappa shape index (κ3) is 4.98. The standard InChI is InChI=1S/C14H17N3O3/c1-17(9-2-8-15)13(18)7-10-20-12-5-3-11(4-6-12)14(16)19/h3-6H,2,7,9-10H2,1H3,(H2,16,19). The summed E-state index contributed by atoms with van der Waals surface area (Å²) in [6.07, 6.45) is 0.553. The van der Waals surface area contributed by atoms with E-state index in [9.17, 15) is 9.59 Å². The number of hydrogen-bond donors (Lipinski definition) is 1. The van der Waals surface area contributed by atoms with Crippen LogP contribution in [0, 0.1) is 11.3 Å². The van der Waals surface area contributed by atoms with Crippen molar-refractivity contribution in [1.82, 2.24) is 4.90 Å². The van der Waals surface area contributed by atoms with Gasteiger partial charge in [0.15, 0.2) is 0 Å². The maximum absolute atomic E-state index is 11.7. The van der Waals surface area contributed by atoms with Crippen LogP contribution in [0.15, 0.2) is 24.3 Å². The second-order valence-corrected chi connectivity index (χ2v) is 4.21. The molecule has 2 amide bonds. The molecule has 0 unspecified atom stereocenters. The Hall–Kier alpha value is -2.55. The molecular weight excluding hydrogens is 258 g/mol. The van der Waals surface area contributed by atoms with Gasteiger partial charge in [-0.2, -0.15) is 5.26 Å². The second kappa shape index (κ2) is 7.79. The van der Waals surface area contributed by atoms with E-state index < -0.39 is 5.91 Å². The number of nitrogens with two attached hydrogens (primary N) is 1. The van der Waals surface area contributed by atoms with Gasteiger partial charge in [0, 0.05) is 19.2 Å². The second-order valence-electron chi connectivity index (χ2n) is 4.21. The first kappa shape index (κ1) is 15.5. The molecule has 6 heteroatoms. The zero-order chi connectivity index (χ0) is 15.0. The van der Waals surface area contributed by atoms with Crippen molar-refractivity contribution in [2.24, 2.45) is 5.73 Å². The number of nitriles is 1. The lowest BCUT2D eigenvalue weighted by molar-refractivity contribution is -0.130. The predicted molar refractivity (Wildman–Crippen MR) is 72.9 cm³/mol. The molecule has 1 aromatic rings. The molecule has 0 saturated carbocycles. The summed E-state index contributed by atoms with van der Waals surface area (Å²) in [5.74, 6) is 0.00216. The fraction of sp³-hybridized carbons (Fsp3) is 0.357. The summed E-state index contributed by atoms with van der Waals surface area (Å²) in [7, 11) is 1.65. The van der Waals surface area contributed by atoms with Gasteiger partial charge in [-0.05, 0) is 24.3 Å². The Kier molecular flexibility index (Phi) is 6.04. The van der Waals surface area contributed by atoms with E-state index in [-0.39, 0.29) is 18.9 Å². The molecule has 1 aromatic carbocycles. The summed E-state index contributed by atoms with van der Waals surface area (Å²) in [6.45, 7) is 0.661. The molecule has 0 bridgehead atoms. The van der Waals surface area contributed by atoms with Crippen LogP contribution < -0.4 is 10.5 Å². The molecule has 0 spiro atoms. The van der Waals surface area contributed by atoms with Crippen LogP contribution in [0.2, 0.25) is 0 Å². The fourth-order valence-corrected chi connectivity index (χ4v) is 1.50. The third-order valence-electron chi connectivity index (χ3n) is 2.71. The van der Waals surface area contributed by atoms with Crippen LogP contribution in [-0.4, -0.2) is 36.9 Å². The van der Waals surface area contributed by atoms with Gasteiger partial charge >= 0.3 is 0 Å². The van der Waals surface area contributed by atoms with Crippen LogP contribution in [-0.2, 0) is 4.79 Å². The summed E-state index contributed by atoms with van der Waals surface area (Å²) in [5, 5.41) is 8.44. The molecule has 0 fully saturated rings. The predicted octanol–water partition coefficient (Wildman–Crippen LogP) is 0.926. The smallest absolute Gasteiger partial charge is 0.248 e. The van der Waals surface area contributed by atoms with Crippen molar-refractivity contribution in [3.05, 3.63) is 29.8 Å². The van der Waals surface area contributed by atoms with E-state index in [1.54, 1.807) is 31.3 Å². The lowest BCUT2D eigenvalue weighted by atomic mass is 10.2. The summed E-state index contributed by atoms with van der Waals surface area (Å²) < 4.78 is 5.40. The lowest BCUT2D eigenvalue weighted by Crippen LogP contribution is -2.28. The van der Waals surface area contributed by atoms with Crippen LogP contribution in [0.25, 0.3) is 0 Å². The van der Waals surface area contributed by atoms with Crippen molar-refractivity contribution in [2.45, 2.75) is 12.8 Å². The molecular formula is C14H17N3O3. The van der Waals surface area contributed by atoms with Gasteiger partial charge in [0.25, 0.3) is 0 Å². The molecule has 0 radical (unpaired) electrons. The van der Waals surface area contributed by atoms with Gasteiger partial charge in [-0.25, -0.2) is 0 Å². The minimum absolute atomic E-state index is 0.0750. The van der Waals surface area contributed by atoms with E-state index in [1.165, 1.54) is 4.90 Å². The maximum atomic E-state index is 11.7. The Bertz CT molecular complexity index is 505. The number of nitrogens with zero attached hydrogens (tertiary/aromatic N) is 2. The monoisotopic (exact) mass is 275 g/mol.